The van der Waals surface area contributed by atoms with Crippen molar-refractivity contribution in [3.8, 4) is 0 Å². The number of carbonyl (C=O) groups is 1. The third-order valence-electron chi connectivity index (χ3n) is 2.10. The van der Waals surface area contributed by atoms with Gasteiger partial charge in [-0.2, -0.15) is 0 Å². The number of nitrogens with one attached hydrogen (secondary N) is 2. The lowest BCUT2D eigenvalue weighted by Gasteiger charge is -2.11. The van der Waals surface area contributed by atoms with Crippen molar-refractivity contribution in [2.24, 2.45) is 0 Å². The number of rotatable bonds is 5. The monoisotopic (exact) mass is 275 g/mol. The van der Waals surface area contributed by atoms with E-state index in [0.717, 1.165) is 0 Å². The zero-order chi connectivity index (χ0) is 14.4. The van der Waals surface area contributed by atoms with Crippen LogP contribution in [0.25, 0.3) is 0 Å². The van der Waals surface area contributed by atoms with E-state index in [0.29, 0.717) is 0 Å². The molecule has 0 saturated carbocycles. The number of alkyl halides is 2. The van der Waals surface area contributed by atoms with E-state index in [4.69, 9.17) is 5.11 Å². The van der Waals surface area contributed by atoms with Crippen LogP contribution in [0, 0.1) is 10.1 Å². The second-order valence-corrected chi connectivity index (χ2v) is 3.54. The fourth-order valence-electron chi connectivity index (χ4n) is 1.13. The third-order valence-corrected chi connectivity index (χ3v) is 2.10. The summed E-state index contributed by atoms with van der Waals surface area (Å²) in [6.45, 7) is -0.601. The van der Waals surface area contributed by atoms with Gasteiger partial charge in [-0.1, -0.05) is 0 Å². The highest BCUT2D eigenvalue weighted by Gasteiger charge is 2.17. The van der Waals surface area contributed by atoms with Gasteiger partial charge in [0.15, 0.2) is 0 Å². The Hall–Kier alpha value is -2.29. The smallest absolute Gasteiger partial charge is 0.319 e. The normalized spacial score (nSPS) is 12.0. The molecule has 0 aliphatic carbocycles. The van der Waals surface area contributed by atoms with Crippen molar-refractivity contribution in [1.82, 2.24) is 5.32 Å². The molecule has 9 heteroatoms. The highest BCUT2D eigenvalue weighted by atomic mass is 19.3. The first-order chi connectivity index (χ1) is 8.90. The summed E-state index contributed by atoms with van der Waals surface area (Å²) in [5.74, 6) is 0. The second kappa shape index (κ2) is 6.59. The topological polar surface area (TPSA) is 104 Å². The first-order valence-electron chi connectivity index (χ1n) is 5.15. The van der Waals surface area contributed by atoms with Gasteiger partial charge in [-0.3, -0.25) is 10.1 Å². The summed E-state index contributed by atoms with van der Waals surface area (Å²) in [7, 11) is 0. The minimum Gasteiger partial charge on any atom is -0.385 e. The summed E-state index contributed by atoms with van der Waals surface area (Å²) in [4.78, 5) is 21.0. The first kappa shape index (κ1) is 14.8. The Bertz CT molecular complexity index is 453. The number of carbonyl (C=O) groups excluding carboxylic acids is 1. The fraction of sp³-hybridized carbons (Fsp3) is 0.300. The number of nitro groups is 1. The molecule has 0 aromatic heterocycles. The van der Waals surface area contributed by atoms with Crippen molar-refractivity contribution < 1.29 is 23.6 Å². The van der Waals surface area contributed by atoms with Crippen molar-refractivity contribution in [2.75, 3.05) is 11.9 Å². The first-order valence-corrected chi connectivity index (χ1v) is 5.15. The highest BCUT2D eigenvalue weighted by Crippen LogP contribution is 2.15. The second-order valence-electron chi connectivity index (χ2n) is 3.54. The Labute approximate surface area is 106 Å². The molecule has 3 N–H and O–H groups in total. The summed E-state index contributed by atoms with van der Waals surface area (Å²) in [6.07, 6.45) is -4.89. The number of non-ortho nitro benzene ring substituents is 1. The number of nitrogens with zero attached hydrogens (tertiary/aromatic N) is 1. The molecular formula is C10H11F2N3O4. The molecule has 0 aliphatic heterocycles. The van der Waals surface area contributed by atoms with Gasteiger partial charge in [-0.05, 0) is 12.1 Å². The van der Waals surface area contributed by atoms with Crippen LogP contribution in [0.3, 0.4) is 0 Å². The number of amides is 2. The van der Waals surface area contributed by atoms with Gasteiger partial charge in [-0.15, -0.1) is 0 Å². The summed E-state index contributed by atoms with van der Waals surface area (Å²) in [5.41, 5.74) is 0.119. The van der Waals surface area contributed by atoms with Crippen LogP contribution in [0.1, 0.15) is 0 Å². The van der Waals surface area contributed by atoms with Crippen LogP contribution in [-0.4, -0.2) is 35.1 Å². The minimum absolute atomic E-state index is 0.140. The average Bonchev–Trinajstić information content (AvgIpc) is 2.36. The maximum Gasteiger partial charge on any atom is 0.319 e. The molecule has 1 aromatic rings. The number of hydrogen-bond donors (Lipinski definition) is 3. The maximum atomic E-state index is 11.9. The molecule has 0 fully saturated rings. The molecule has 1 atom stereocenters. The van der Waals surface area contributed by atoms with E-state index >= 15 is 0 Å². The number of aliphatic hydroxyl groups is 1. The molecule has 1 aromatic carbocycles. The Morgan fingerprint density at radius 3 is 2.42 bits per heavy atom. The largest absolute Gasteiger partial charge is 0.385 e. The minimum atomic E-state index is -2.94. The van der Waals surface area contributed by atoms with Crippen molar-refractivity contribution in [1.29, 1.82) is 0 Å². The quantitative estimate of drug-likeness (QED) is 0.557. The zero-order valence-corrected chi connectivity index (χ0v) is 9.55. The molecule has 7 nitrogen and oxygen atoms in total. The lowest BCUT2D eigenvalue weighted by Crippen LogP contribution is -2.38. The molecule has 1 rings (SSSR count). The van der Waals surface area contributed by atoms with Crippen LogP contribution < -0.4 is 10.6 Å². The van der Waals surface area contributed by atoms with Gasteiger partial charge < -0.3 is 15.7 Å². The molecule has 0 aliphatic rings. The lowest BCUT2D eigenvalue weighted by molar-refractivity contribution is -0.384. The number of nitro benzene ring substituents is 1. The van der Waals surface area contributed by atoms with Crippen molar-refractivity contribution in [2.45, 2.75) is 12.5 Å². The predicted octanol–water partition coefficient (Wildman–Crippen LogP) is 1.34. The van der Waals surface area contributed by atoms with Gasteiger partial charge in [0.25, 0.3) is 12.1 Å². The van der Waals surface area contributed by atoms with Crippen LogP contribution in [0.4, 0.5) is 25.0 Å². The predicted molar refractivity (Wildman–Crippen MR) is 62.1 cm³/mol. The maximum absolute atomic E-state index is 11.9. The molecule has 0 heterocycles. The molecule has 104 valence electrons. The zero-order valence-electron chi connectivity index (χ0n) is 9.55. The standard InChI is InChI=1S/C10H11F2N3O4/c11-9(12)8(16)5-13-10(17)14-6-1-3-7(4-2-6)15(18)19/h1-4,8-9,16H,5H2,(H2,13,14,17). The van der Waals surface area contributed by atoms with Crippen molar-refractivity contribution >= 4 is 17.4 Å². The summed E-state index contributed by atoms with van der Waals surface area (Å²) in [5, 5.41) is 23.5. The van der Waals surface area contributed by atoms with Gasteiger partial charge in [-0.25, -0.2) is 13.6 Å². The van der Waals surface area contributed by atoms with E-state index in [-0.39, 0.29) is 11.4 Å². The summed E-state index contributed by atoms with van der Waals surface area (Å²) >= 11 is 0. The Morgan fingerprint density at radius 1 is 1.37 bits per heavy atom. The molecule has 0 radical (unpaired) electrons. The number of benzene rings is 1. The molecule has 19 heavy (non-hydrogen) atoms. The summed E-state index contributed by atoms with van der Waals surface area (Å²) < 4.78 is 23.9. The number of anilines is 1. The van der Waals surface area contributed by atoms with E-state index in [2.05, 4.69) is 5.32 Å². The van der Waals surface area contributed by atoms with Crippen LogP contribution in [0.15, 0.2) is 24.3 Å². The number of aliphatic hydroxyl groups excluding tert-OH is 1. The molecule has 1 unspecified atom stereocenters. The van der Waals surface area contributed by atoms with E-state index in [1.54, 1.807) is 0 Å². The van der Waals surface area contributed by atoms with Gasteiger partial charge >= 0.3 is 6.03 Å². The summed E-state index contributed by atoms with van der Waals surface area (Å²) in [6, 6.07) is 4.16. The molecule has 0 spiro atoms. The van der Waals surface area contributed by atoms with Gasteiger partial charge in [0.05, 0.1) is 11.5 Å². The fourth-order valence-corrected chi connectivity index (χ4v) is 1.13. The van der Waals surface area contributed by atoms with Crippen LogP contribution in [0.2, 0.25) is 0 Å². The van der Waals surface area contributed by atoms with Crippen LogP contribution in [-0.2, 0) is 0 Å². The molecular weight excluding hydrogens is 264 g/mol. The lowest BCUT2D eigenvalue weighted by atomic mass is 10.3. The molecule has 0 saturated heterocycles. The van der Waals surface area contributed by atoms with Gasteiger partial charge in [0.1, 0.15) is 6.10 Å². The number of urea groups is 1. The average molecular weight is 275 g/mol. The third kappa shape index (κ3) is 4.84. The SMILES string of the molecule is O=C(NCC(O)C(F)F)Nc1ccc([N+](=O)[O-])cc1. The Morgan fingerprint density at radius 2 is 1.95 bits per heavy atom. The highest BCUT2D eigenvalue weighted by molar-refractivity contribution is 5.89. The van der Waals surface area contributed by atoms with E-state index in [9.17, 15) is 23.7 Å². The van der Waals surface area contributed by atoms with Gasteiger partial charge in [0.2, 0.25) is 0 Å². The van der Waals surface area contributed by atoms with Crippen LogP contribution >= 0.6 is 0 Å². The molecule has 2 amide bonds. The van der Waals surface area contributed by atoms with Gasteiger partial charge in [0, 0.05) is 17.8 Å². The number of halogens is 2. The van der Waals surface area contributed by atoms with E-state index in [1.165, 1.54) is 24.3 Å². The van der Waals surface area contributed by atoms with Crippen molar-refractivity contribution in [3.05, 3.63) is 34.4 Å². The van der Waals surface area contributed by atoms with E-state index in [1.807, 2.05) is 5.32 Å². The Balaban J connectivity index is 2.46. The van der Waals surface area contributed by atoms with E-state index < -0.39 is 30.0 Å². The molecule has 0 bridgehead atoms. The van der Waals surface area contributed by atoms with Crippen molar-refractivity contribution in [3.63, 3.8) is 0 Å². The number of hydrogen-bond acceptors (Lipinski definition) is 4. The van der Waals surface area contributed by atoms with Crippen LogP contribution in [0.5, 0.6) is 0 Å². The Kier molecular flexibility index (Phi) is 5.12.